The number of nitrogens with one attached hydrogen (secondary N) is 1. The van der Waals surface area contributed by atoms with Gasteiger partial charge in [-0.3, -0.25) is 14.5 Å². The number of H-pyrrole nitrogens is 1. The van der Waals surface area contributed by atoms with E-state index in [4.69, 9.17) is 12.2 Å². The number of alkyl halides is 3. The molecule has 3 aromatic rings. The fourth-order valence-electron chi connectivity index (χ4n) is 3.80. The predicted molar refractivity (Wildman–Crippen MR) is 118 cm³/mol. The third kappa shape index (κ3) is 4.69. The van der Waals surface area contributed by atoms with Gasteiger partial charge in [-0.05, 0) is 43.4 Å². The molecule has 1 saturated heterocycles. The van der Waals surface area contributed by atoms with Crippen molar-refractivity contribution in [3.05, 3.63) is 64.4 Å². The predicted octanol–water partition coefficient (Wildman–Crippen LogP) is 4.28. The number of piperazine rings is 1. The number of hydrogen-bond donors (Lipinski definition) is 1. The summed E-state index contributed by atoms with van der Waals surface area (Å²) in [6, 6.07) is 13.0. The molecule has 0 aliphatic carbocycles. The summed E-state index contributed by atoms with van der Waals surface area (Å²) in [5.74, 6) is 0.481. The average Bonchev–Trinajstić information content (AvgIpc) is 3.13. The largest absolute Gasteiger partial charge is 0.416 e. The molecule has 168 valence electrons. The Balaban J connectivity index is 1.43. The Morgan fingerprint density at radius 1 is 1.09 bits per heavy atom. The molecule has 6 nitrogen and oxygen atoms in total. The zero-order valence-corrected chi connectivity index (χ0v) is 18.2. The lowest BCUT2D eigenvalue weighted by atomic mass is 10.1. The van der Waals surface area contributed by atoms with Crippen molar-refractivity contribution in [1.29, 1.82) is 0 Å². The van der Waals surface area contributed by atoms with E-state index in [9.17, 15) is 18.0 Å². The van der Waals surface area contributed by atoms with Crippen LogP contribution >= 0.6 is 12.2 Å². The number of hydrogen-bond acceptors (Lipinski definition) is 4. The summed E-state index contributed by atoms with van der Waals surface area (Å²) in [5, 5.41) is 7.03. The summed E-state index contributed by atoms with van der Waals surface area (Å²) in [5.41, 5.74) is 1.76. The third-order valence-corrected chi connectivity index (χ3v) is 5.81. The topological polar surface area (TPSA) is 57.2 Å². The zero-order valence-electron chi connectivity index (χ0n) is 17.4. The van der Waals surface area contributed by atoms with E-state index >= 15 is 0 Å². The lowest BCUT2D eigenvalue weighted by molar-refractivity contribution is -0.137. The molecular formula is C22H22F3N5OS. The molecule has 2 aromatic carbocycles. The van der Waals surface area contributed by atoms with E-state index in [0.29, 0.717) is 42.5 Å². The van der Waals surface area contributed by atoms with Gasteiger partial charge < -0.3 is 9.80 Å². The van der Waals surface area contributed by atoms with Gasteiger partial charge in [-0.2, -0.15) is 18.3 Å². The van der Waals surface area contributed by atoms with Gasteiger partial charge in [-0.25, -0.2) is 0 Å². The molecule has 1 fully saturated rings. The number of rotatable bonds is 4. The van der Waals surface area contributed by atoms with E-state index < -0.39 is 11.7 Å². The van der Waals surface area contributed by atoms with Crippen molar-refractivity contribution in [1.82, 2.24) is 19.7 Å². The standard InChI is InChI=1S/C22H22F3N5OS/c1-15-4-2-5-16(12-15)20-26-27-21(32)30(20)14-19(31)29-10-8-28(9-11-29)18-7-3-6-17(13-18)22(23,24)25/h2-7,12-13H,8-11,14H2,1H3,(H,27,32). The number of carbonyl (C=O) groups is 1. The lowest BCUT2D eigenvalue weighted by Gasteiger charge is -2.36. The number of aromatic nitrogens is 3. The summed E-state index contributed by atoms with van der Waals surface area (Å²) >= 11 is 5.32. The Morgan fingerprint density at radius 2 is 1.81 bits per heavy atom. The van der Waals surface area contributed by atoms with Gasteiger partial charge in [0.25, 0.3) is 0 Å². The first-order chi connectivity index (χ1) is 15.2. The Morgan fingerprint density at radius 3 is 2.50 bits per heavy atom. The van der Waals surface area contributed by atoms with Crippen LogP contribution in [-0.4, -0.2) is 51.8 Å². The minimum Gasteiger partial charge on any atom is -0.368 e. The minimum absolute atomic E-state index is 0.0438. The molecular weight excluding hydrogens is 439 g/mol. The molecule has 1 aromatic heterocycles. The Hall–Kier alpha value is -3.14. The van der Waals surface area contributed by atoms with E-state index in [1.54, 1.807) is 15.5 Å². The summed E-state index contributed by atoms with van der Waals surface area (Å²) in [4.78, 5) is 16.5. The molecule has 0 unspecified atom stereocenters. The molecule has 0 bridgehead atoms. The quantitative estimate of drug-likeness (QED) is 0.590. The molecule has 1 aliphatic heterocycles. The number of halogens is 3. The highest BCUT2D eigenvalue weighted by Crippen LogP contribution is 2.32. The Labute approximate surface area is 188 Å². The molecule has 1 N–H and O–H groups in total. The first-order valence-electron chi connectivity index (χ1n) is 10.1. The first-order valence-corrected chi connectivity index (χ1v) is 10.6. The minimum atomic E-state index is -4.38. The van der Waals surface area contributed by atoms with Crippen LogP contribution in [0.15, 0.2) is 48.5 Å². The van der Waals surface area contributed by atoms with Crippen molar-refractivity contribution in [3.8, 4) is 11.4 Å². The highest BCUT2D eigenvalue weighted by atomic mass is 32.1. The summed E-state index contributed by atoms with van der Waals surface area (Å²) in [6.07, 6.45) is -4.38. The maximum Gasteiger partial charge on any atom is 0.416 e. The van der Waals surface area contributed by atoms with Gasteiger partial charge in [0.1, 0.15) is 6.54 Å². The molecule has 4 rings (SSSR count). The molecule has 1 aliphatic rings. The second-order valence-corrected chi connectivity index (χ2v) is 8.11. The molecule has 10 heteroatoms. The van der Waals surface area contributed by atoms with Gasteiger partial charge >= 0.3 is 6.18 Å². The molecule has 0 atom stereocenters. The normalized spacial score (nSPS) is 14.6. The molecule has 0 saturated carbocycles. The van der Waals surface area contributed by atoms with E-state index in [2.05, 4.69) is 10.2 Å². The van der Waals surface area contributed by atoms with Crippen molar-refractivity contribution in [3.63, 3.8) is 0 Å². The van der Waals surface area contributed by atoms with Gasteiger partial charge in [0.2, 0.25) is 5.91 Å². The number of aryl methyl sites for hydroxylation is 1. The van der Waals surface area contributed by atoms with Crippen molar-refractivity contribution in [2.75, 3.05) is 31.1 Å². The van der Waals surface area contributed by atoms with Gasteiger partial charge in [0.15, 0.2) is 10.6 Å². The summed E-state index contributed by atoms with van der Waals surface area (Å²) < 4.78 is 41.0. The maximum atomic E-state index is 13.0. The molecule has 0 spiro atoms. The monoisotopic (exact) mass is 461 g/mol. The maximum absolute atomic E-state index is 13.0. The number of nitrogens with zero attached hydrogens (tertiary/aromatic N) is 4. The SMILES string of the molecule is Cc1cccc(-c2n[nH]c(=S)n2CC(=O)N2CCN(c3cccc(C(F)(F)F)c3)CC2)c1. The highest BCUT2D eigenvalue weighted by molar-refractivity contribution is 7.71. The van der Waals surface area contributed by atoms with Crippen LogP contribution in [0.5, 0.6) is 0 Å². The number of benzene rings is 2. The number of carbonyl (C=O) groups excluding carboxylic acids is 1. The Kier molecular flexibility index (Phi) is 6.05. The van der Waals surface area contributed by atoms with Crippen molar-refractivity contribution in [2.45, 2.75) is 19.6 Å². The first kappa shape index (κ1) is 22.1. The molecule has 2 heterocycles. The second kappa shape index (κ2) is 8.78. The number of anilines is 1. The van der Waals surface area contributed by atoms with Gasteiger partial charge in [-0.1, -0.05) is 29.8 Å². The van der Waals surface area contributed by atoms with Crippen LogP contribution in [0.25, 0.3) is 11.4 Å². The number of amides is 1. The van der Waals surface area contributed by atoms with E-state index in [1.165, 1.54) is 6.07 Å². The summed E-state index contributed by atoms with van der Waals surface area (Å²) in [6.45, 7) is 3.76. The van der Waals surface area contributed by atoms with Gasteiger partial charge in [0.05, 0.1) is 5.56 Å². The third-order valence-electron chi connectivity index (χ3n) is 5.50. The van der Waals surface area contributed by atoms with Gasteiger partial charge in [-0.15, -0.1) is 0 Å². The summed E-state index contributed by atoms with van der Waals surface area (Å²) in [7, 11) is 0. The van der Waals surface area contributed by atoms with Crippen LogP contribution in [0, 0.1) is 11.7 Å². The lowest BCUT2D eigenvalue weighted by Crippen LogP contribution is -2.49. The van der Waals surface area contributed by atoms with E-state index in [1.807, 2.05) is 36.1 Å². The molecule has 1 amide bonds. The fourth-order valence-corrected chi connectivity index (χ4v) is 3.99. The smallest absolute Gasteiger partial charge is 0.368 e. The van der Waals surface area contributed by atoms with Crippen LogP contribution < -0.4 is 4.90 Å². The molecule has 32 heavy (non-hydrogen) atoms. The highest BCUT2D eigenvalue weighted by Gasteiger charge is 2.31. The van der Waals surface area contributed by atoms with Crippen LogP contribution in [-0.2, 0) is 17.5 Å². The van der Waals surface area contributed by atoms with Crippen LogP contribution in [0.1, 0.15) is 11.1 Å². The molecule has 0 radical (unpaired) electrons. The van der Waals surface area contributed by atoms with Crippen LogP contribution in [0.2, 0.25) is 0 Å². The van der Waals surface area contributed by atoms with Gasteiger partial charge in [0, 0.05) is 37.4 Å². The average molecular weight is 462 g/mol. The van der Waals surface area contributed by atoms with Crippen LogP contribution in [0.3, 0.4) is 0 Å². The van der Waals surface area contributed by atoms with E-state index in [0.717, 1.165) is 23.3 Å². The number of aromatic amines is 1. The van der Waals surface area contributed by atoms with Crippen molar-refractivity contribution >= 4 is 23.8 Å². The van der Waals surface area contributed by atoms with Crippen molar-refractivity contribution < 1.29 is 18.0 Å². The van der Waals surface area contributed by atoms with E-state index in [-0.39, 0.29) is 12.5 Å². The second-order valence-electron chi connectivity index (χ2n) is 7.72. The fraction of sp³-hybridized carbons (Fsp3) is 0.318. The Bertz CT molecular complexity index is 1180. The zero-order chi connectivity index (χ0) is 22.9. The van der Waals surface area contributed by atoms with Crippen molar-refractivity contribution in [2.24, 2.45) is 0 Å². The van der Waals surface area contributed by atoms with Crippen LogP contribution in [0.4, 0.5) is 18.9 Å².